The first-order chi connectivity index (χ1) is 11.0. The van der Waals surface area contributed by atoms with Crippen LogP contribution in [0.3, 0.4) is 0 Å². The van der Waals surface area contributed by atoms with E-state index in [0.29, 0.717) is 30.2 Å². The number of halogens is 2. The second-order valence-electron chi connectivity index (χ2n) is 5.39. The van der Waals surface area contributed by atoms with Gasteiger partial charge in [0.25, 0.3) is 0 Å². The number of aliphatic hydroxyl groups is 1. The summed E-state index contributed by atoms with van der Waals surface area (Å²) in [6.45, 7) is 2.64. The number of rotatable bonds is 7. The van der Waals surface area contributed by atoms with Gasteiger partial charge in [0.2, 0.25) is 0 Å². The molecule has 24 heavy (non-hydrogen) atoms. The molecule has 0 fully saturated rings. The Balaban J connectivity index is 0.00000288. The second kappa shape index (κ2) is 9.47. The molecule has 0 saturated heterocycles. The summed E-state index contributed by atoms with van der Waals surface area (Å²) < 4.78 is 23.8. The van der Waals surface area contributed by atoms with Gasteiger partial charge in [-0.15, -0.1) is 12.4 Å². The van der Waals surface area contributed by atoms with Gasteiger partial charge < -0.3 is 19.9 Å². The fourth-order valence-corrected chi connectivity index (χ4v) is 2.48. The van der Waals surface area contributed by atoms with Gasteiger partial charge in [0.15, 0.2) is 0 Å². The minimum Gasteiger partial charge on any atom is -0.497 e. The summed E-state index contributed by atoms with van der Waals surface area (Å²) in [5.74, 6) is 0.999. The first kappa shape index (κ1) is 20.2. The fraction of sp³-hybridized carbons (Fsp3) is 0.333. The van der Waals surface area contributed by atoms with Crippen molar-refractivity contribution in [3.05, 3.63) is 58.9 Å². The highest BCUT2D eigenvalue weighted by molar-refractivity contribution is 5.85. The molecule has 0 aromatic heterocycles. The molecule has 2 aromatic rings. The van der Waals surface area contributed by atoms with Crippen LogP contribution in [-0.4, -0.2) is 25.9 Å². The third kappa shape index (κ3) is 5.37. The topological polar surface area (TPSA) is 50.7 Å². The molecular formula is C18H23ClFNO3. The lowest BCUT2D eigenvalue weighted by Crippen LogP contribution is -2.21. The molecule has 0 saturated carbocycles. The number of methoxy groups -OCH3 is 2. The van der Waals surface area contributed by atoms with E-state index in [9.17, 15) is 9.50 Å². The quantitative estimate of drug-likeness (QED) is 0.799. The normalized spacial score (nSPS) is 11.5. The van der Waals surface area contributed by atoms with E-state index in [1.54, 1.807) is 32.4 Å². The van der Waals surface area contributed by atoms with Crippen molar-refractivity contribution in [3.63, 3.8) is 0 Å². The van der Waals surface area contributed by atoms with Crippen LogP contribution < -0.4 is 14.8 Å². The molecule has 1 atom stereocenters. The zero-order valence-corrected chi connectivity index (χ0v) is 14.8. The lowest BCUT2D eigenvalue weighted by Gasteiger charge is -2.16. The second-order valence-corrected chi connectivity index (χ2v) is 5.39. The van der Waals surface area contributed by atoms with E-state index in [4.69, 9.17) is 9.47 Å². The third-order valence-electron chi connectivity index (χ3n) is 3.56. The average molecular weight is 356 g/mol. The summed E-state index contributed by atoms with van der Waals surface area (Å²) in [5, 5.41) is 13.5. The number of benzene rings is 2. The highest BCUT2D eigenvalue weighted by Crippen LogP contribution is 2.29. The van der Waals surface area contributed by atoms with Gasteiger partial charge in [-0.3, -0.25) is 0 Å². The third-order valence-corrected chi connectivity index (χ3v) is 3.56. The molecule has 0 radical (unpaired) electrons. The molecule has 132 valence electrons. The molecule has 2 rings (SSSR count). The molecule has 0 spiro atoms. The van der Waals surface area contributed by atoms with Gasteiger partial charge in [0.1, 0.15) is 17.3 Å². The Morgan fingerprint density at radius 3 is 2.50 bits per heavy atom. The number of aryl methyl sites for hydroxylation is 1. The SMILES string of the molecule is COc1ccc(OC)c([C@@H](O)CNCc2cc(C)cc(F)c2)c1.Cl. The number of nitrogens with one attached hydrogen (secondary N) is 1. The molecule has 6 heteroatoms. The van der Waals surface area contributed by atoms with Crippen LogP contribution in [0.15, 0.2) is 36.4 Å². The predicted octanol–water partition coefficient (Wildman–Crippen LogP) is 3.40. The van der Waals surface area contributed by atoms with Crippen LogP contribution in [0.1, 0.15) is 22.8 Å². The molecule has 0 heterocycles. The van der Waals surface area contributed by atoms with Gasteiger partial charge in [-0.05, 0) is 48.4 Å². The number of ether oxygens (including phenoxy) is 2. The van der Waals surface area contributed by atoms with Gasteiger partial charge in [0.05, 0.1) is 20.3 Å². The Kier molecular flexibility index (Phi) is 7.98. The average Bonchev–Trinajstić information content (AvgIpc) is 2.53. The van der Waals surface area contributed by atoms with Crippen molar-refractivity contribution in [2.24, 2.45) is 0 Å². The lowest BCUT2D eigenvalue weighted by atomic mass is 10.1. The summed E-state index contributed by atoms with van der Waals surface area (Å²) in [6.07, 6.45) is -0.755. The minimum atomic E-state index is -0.755. The molecule has 2 N–H and O–H groups in total. The Labute approximate surface area is 148 Å². The van der Waals surface area contributed by atoms with Crippen LogP contribution in [0.5, 0.6) is 11.5 Å². The highest BCUT2D eigenvalue weighted by atomic mass is 35.5. The van der Waals surface area contributed by atoms with E-state index >= 15 is 0 Å². The monoisotopic (exact) mass is 355 g/mol. The summed E-state index contributed by atoms with van der Waals surface area (Å²) in [5.41, 5.74) is 2.36. The zero-order chi connectivity index (χ0) is 16.8. The molecule has 0 aliphatic carbocycles. The van der Waals surface area contributed by atoms with E-state index in [0.717, 1.165) is 11.1 Å². The number of hydrogen-bond donors (Lipinski definition) is 2. The van der Waals surface area contributed by atoms with E-state index in [-0.39, 0.29) is 18.2 Å². The standard InChI is InChI=1S/C18H22FNO3.ClH/c1-12-6-13(8-14(19)7-12)10-20-11-17(21)16-9-15(22-2)4-5-18(16)23-3;/h4-9,17,20-21H,10-11H2,1-3H3;1H/t17-;/m0./s1. The number of aliphatic hydroxyl groups excluding tert-OH is 1. The molecule has 0 aliphatic heterocycles. The van der Waals surface area contributed by atoms with Crippen LogP contribution in [0, 0.1) is 12.7 Å². The van der Waals surface area contributed by atoms with E-state index in [1.807, 2.05) is 13.0 Å². The van der Waals surface area contributed by atoms with Crippen molar-refractivity contribution >= 4 is 12.4 Å². The first-order valence-electron chi connectivity index (χ1n) is 7.40. The molecule has 0 aliphatic rings. The molecule has 0 unspecified atom stereocenters. The summed E-state index contributed by atoms with van der Waals surface area (Å²) in [6, 6.07) is 10.2. The predicted molar refractivity (Wildman–Crippen MR) is 94.6 cm³/mol. The number of hydrogen-bond acceptors (Lipinski definition) is 4. The largest absolute Gasteiger partial charge is 0.497 e. The van der Waals surface area contributed by atoms with Crippen molar-refractivity contribution in [2.45, 2.75) is 19.6 Å². The van der Waals surface area contributed by atoms with Crippen molar-refractivity contribution in [1.29, 1.82) is 0 Å². The maximum absolute atomic E-state index is 13.4. The molecule has 4 nitrogen and oxygen atoms in total. The summed E-state index contributed by atoms with van der Waals surface area (Å²) >= 11 is 0. The van der Waals surface area contributed by atoms with E-state index in [1.165, 1.54) is 12.1 Å². The van der Waals surface area contributed by atoms with Gasteiger partial charge >= 0.3 is 0 Å². The first-order valence-corrected chi connectivity index (χ1v) is 7.40. The maximum atomic E-state index is 13.4. The summed E-state index contributed by atoms with van der Waals surface area (Å²) in [4.78, 5) is 0. The Bertz CT molecular complexity index is 646. The molecule has 0 bridgehead atoms. The van der Waals surface area contributed by atoms with Crippen molar-refractivity contribution in [3.8, 4) is 11.5 Å². The fourth-order valence-electron chi connectivity index (χ4n) is 2.48. The smallest absolute Gasteiger partial charge is 0.124 e. The van der Waals surface area contributed by atoms with Crippen LogP contribution in [0.4, 0.5) is 4.39 Å². The highest BCUT2D eigenvalue weighted by Gasteiger charge is 2.14. The zero-order valence-electron chi connectivity index (χ0n) is 14.0. The van der Waals surface area contributed by atoms with Crippen molar-refractivity contribution in [1.82, 2.24) is 5.32 Å². The summed E-state index contributed by atoms with van der Waals surface area (Å²) in [7, 11) is 3.13. The van der Waals surface area contributed by atoms with Gasteiger partial charge in [-0.25, -0.2) is 4.39 Å². The Morgan fingerprint density at radius 2 is 1.88 bits per heavy atom. The van der Waals surface area contributed by atoms with Crippen LogP contribution >= 0.6 is 12.4 Å². The maximum Gasteiger partial charge on any atom is 0.124 e. The molecular weight excluding hydrogens is 333 g/mol. The van der Waals surface area contributed by atoms with Crippen LogP contribution in [-0.2, 0) is 6.54 Å². The van der Waals surface area contributed by atoms with Gasteiger partial charge in [0, 0.05) is 18.7 Å². The van der Waals surface area contributed by atoms with Crippen molar-refractivity contribution in [2.75, 3.05) is 20.8 Å². The van der Waals surface area contributed by atoms with Gasteiger partial charge in [-0.2, -0.15) is 0 Å². The minimum absolute atomic E-state index is 0. The van der Waals surface area contributed by atoms with Crippen LogP contribution in [0.25, 0.3) is 0 Å². The Morgan fingerprint density at radius 1 is 1.12 bits per heavy atom. The lowest BCUT2D eigenvalue weighted by molar-refractivity contribution is 0.169. The van der Waals surface area contributed by atoms with Crippen molar-refractivity contribution < 1.29 is 19.0 Å². The van der Waals surface area contributed by atoms with E-state index in [2.05, 4.69) is 5.32 Å². The van der Waals surface area contributed by atoms with Crippen LogP contribution in [0.2, 0.25) is 0 Å². The molecule has 2 aromatic carbocycles. The van der Waals surface area contributed by atoms with E-state index < -0.39 is 6.10 Å². The Hall–Kier alpha value is -1.82. The van der Waals surface area contributed by atoms with Gasteiger partial charge in [-0.1, -0.05) is 6.07 Å². The molecule has 0 amide bonds.